The average molecular weight is 312 g/mol. The van der Waals surface area contributed by atoms with Crippen LogP contribution >= 0.6 is 11.6 Å². The third-order valence-corrected chi connectivity index (χ3v) is 4.42. The van der Waals surface area contributed by atoms with Crippen molar-refractivity contribution in [1.82, 2.24) is 9.97 Å². The first kappa shape index (κ1) is 16.3. The highest BCUT2D eigenvalue weighted by Gasteiger charge is 2.35. The van der Waals surface area contributed by atoms with E-state index in [1.807, 2.05) is 26.8 Å². The molecular formula is C16H26ClN3O. The Hall–Kier alpha value is -1.03. The molecule has 1 aromatic heterocycles. The predicted molar refractivity (Wildman–Crippen MR) is 87.2 cm³/mol. The molecule has 1 fully saturated rings. The molecule has 2 rings (SSSR count). The molecule has 1 aromatic rings. The fourth-order valence-corrected chi connectivity index (χ4v) is 3.37. The first-order valence-corrected chi connectivity index (χ1v) is 8.32. The molecule has 1 aliphatic carbocycles. The van der Waals surface area contributed by atoms with Gasteiger partial charge >= 0.3 is 0 Å². The van der Waals surface area contributed by atoms with Crippen molar-refractivity contribution < 1.29 is 4.74 Å². The summed E-state index contributed by atoms with van der Waals surface area (Å²) in [6, 6.07) is 1.86. The standard InChI is InChI=1S/C16H26ClN3O/c1-11(2)21-14-8-13(4)18-15(19-14)20-16(10-17)7-5-6-12(3)9-16/h8,11-12H,5-7,9-10H2,1-4H3,(H,18,19,20). The monoisotopic (exact) mass is 311 g/mol. The molecule has 1 aliphatic rings. The first-order valence-electron chi connectivity index (χ1n) is 7.79. The lowest BCUT2D eigenvalue weighted by molar-refractivity contribution is 0.232. The second-order valence-electron chi connectivity index (χ2n) is 6.58. The van der Waals surface area contributed by atoms with Gasteiger partial charge in [-0.15, -0.1) is 11.6 Å². The topological polar surface area (TPSA) is 47.0 Å². The third kappa shape index (κ3) is 4.47. The van der Waals surface area contributed by atoms with Gasteiger partial charge in [-0.1, -0.05) is 19.8 Å². The zero-order chi connectivity index (χ0) is 15.5. The highest BCUT2D eigenvalue weighted by atomic mass is 35.5. The van der Waals surface area contributed by atoms with Gasteiger partial charge in [0.1, 0.15) is 0 Å². The van der Waals surface area contributed by atoms with Gasteiger partial charge in [-0.05, 0) is 39.5 Å². The molecule has 5 heteroatoms. The van der Waals surface area contributed by atoms with Crippen LogP contribution in [0.4, 0.5) is 5.95 Å². The minimum atomic E-state index is -0.0951. The number of aromatic nitrogens is 2. The molecule has 21 heavy (non-hydrogen) atoms. The molecule has 0 amide bonds. The molecule has 1 heterocycles. The molecular weight excluding hydrogens is 286 g/mol. The van der Waals surface area contributed by atoms with Gasteiger partial charge in [-0.2, -0.15) is 4.98 Å². The summed E-state index contributed by atoms with van der Waals surface area (Å²) in [6.45, 7) is 8.23. The number of nitrogens with one attached hydrogen (secondary N) is 1. The van der Waals surface area contributed by atoms with E-state index < -0.39 is 0 Å². The van der Waals surface area contributed by atoms with Crippen molar-refractivity contribution in [2.45, 2.75) is 65.0 Å². The second kappa shape index (κ2) is 6.82. The van der Waals surface area contributed by atoms with E-state index in [-0.39, 0.29) is 11.6 Å². The summed E-state index contributed by atoms with van der Waals surface area (Å²) in [7, 11) is 0. The van der Waals surface area contributed by atoms with Gasteiger partial charge in [0, 0.05) is 17.6 Å². The van der Waals surface area contributed by atoms with Gasteiger partial charge in [0.05, 0.1) is 11.6 Å². The Morgan fingerprint density at radius 3 is 2.86 bits per heavy atom. The number of halogens is 1. The Morgan fingerprint density at radius 1 is 1.48 bits per heavy atom. The Morgan fingerprint density at radius 2 is 2.24 bits per heavy atom. The molecule has 0 aromatic carbocycles. The van der Waals surface area contributed by atoms with Crippen molar-refractivity contribution in [2.75, 3.05) is 11.2 Å². The highest BCUT2D eigenvalue weighted by Crippen LogP contribution is 2.35. The summed E-state index contributed by atoms with van der Waals surface area (Å²) >= 11 is 6.27. The third-order valence-electron chi connectivity index (χ3n) is 3.91. The second-order valence-corrected chi connectivity index (χ2v) is 6.85. The van der Waals surface area contributed by atoms with Crippen molar-refractivity contribution in [3.63, 3.8) is 0 Å². The van der Waals surface area contributed by atoms with Crippen LogP contribution in [-0.4, -0.2) is 27.5 Å². The molecule has 0 aliphatic heterocycles. The molecule has 0 radical (unpaired) electrons. The SMILES string of the molecule is Cc1cc(OC(C)C)nc(NC2(CCl)CCCC(C)C2)n1. The van der Waals surface area contributed by atoms with Gasteiger partial charge in [0.2, 0.25) is 11.8 Å². The van der Waals surface area contributed by atoms with Crippen LogP contribution in [0.25, 0.3) is 0 Å². The summed E-state index contributed by atoms with van der Waals surface area (Å²) in [4.78, 5) is 8.98. The molecule has 0 saturated heterocycles. The van der Waals surface area contributed by atoms with Crippen molar-refractivity contribution >= 4 is 17.5 Å². The summed E-state index contributed by atoms with van der Waals surface area (Å²) in [5.74, 6) is 2.50. The van der Waals surface area contributed by atoms with E-state index in [1.165, 1.54) is 12.8 Å². The lowest BCUT2D eigenvalue weighted by Crippen LogP contribution is -2.44. The number of aryl methyl sites for hydroxylation is 1. The van der Waals surface area contributed by atoms with E-state index in [4.69, 9.17) is 16.3 Å². The Labute approximate surface area is 132 Å². The summed E-state index contributed by atoms with van der Waals surface area (Å²) in [5, 5.41) is 3.49. The van der Waals surface area contributed by atoms with Crippen LogP contribution in [0, 0.1) is 12.8 Å². The lowest BCUT2D eigenvalue weighted by atomic mass is 9.77. The molecule has 4 nitrogen and oxygen atoms in total. The summed E-state index contributed by atoms with van der Waals surface area (Å²) in [6.07, 6.45) is 4.70. The number of ether oxygens (including phenoxy) is 1. The number of rotatable bonds is 5. The van der Waals surface area contributed by atoms with Crippen molar-refractivity contribution in [3.8, 4) is 5.88 Å². The molecule has 1 N–H and O–H groups in total. The smallest absolute Gasteiger partial charge is 0.226 e. The maximum absolute atomic E-state index is 6.27. The molecule has 2 atom stereocenters. The first-order chi connectivity index (χ1) is 9.92. The fourth-order valence-electron chi connectivity index (χ4n) is 3.06. The average Bonchev–Trinajstić information content (AvgIpc) is 2.37. The van der Waals surface area contributed by atoms with E-state index in [9.17, 15) is 0 Å². The van der Waals surface area contributed by atoms with Gasteiger partial charge in [-0.25, -0.2) is 4.98 Å². The van der Waals surface area contributed by atoms with Crippen LogP contribution in [0.3, 0.4) is 0 Å². The largest absolute Gasteiger partial charge is 0.475 e. The number of alkyl halides is 1. The Bertz CT molecular complexity index is 481. The van der Waals surface area contributed by atoms with E-state index in [0.29, 0.717) is 23.6 Å². The van der Waals surface area contributed by atoms with E-state index >= 15 is 0 Å². The van der Waals surface area contributed by atoms with Crippen molar-refractivity contribution in [1.29, 1.82) is 0 Å². The molecule has 0 bridgehead atoms. The lowest BCUT2D eigenvalue weighted by Gasteiger charge is -2.39. The van der Waals surface area contributed by atoms with E-state index in [2.05, 4.69) is 22.2 Å². The summed E-state index contributed by atoms with van der Waals surface area (Å²) < 4.78 is 5.69. The van der Waals surface area contributed by atoms with Crippen LogP contribution in [-0.2, 0) is 0 Å². The van der Waals surface area contributed by atoms with Crippen LogP contribution in [0.2, 0.25) is 0 Å². The quantitative estimate of drug-likeness (QED) is 0.829. The minimum Gasteiger partial charge on any atom is -0.475 e. The number of hydrogen-bond acceptors (Lipinski definition) is 4. The molecule has 118 valence electrons. The van der Waals surface area contributed by atoms with Gasteiger partial charge < -0.3 is 10.1 Å². The number of hydrogen-bond donors (Lipinski definition) is 1. The van der Waals surface area contributed by atoms with Crippen molar-refractivity contribution in [3.05, 3.63) is 11.8 Å². The predicted octanol–water partition coefficient (Wildman–Crippen LogP) is 4.17. The van der Waals surface area contributed by atoms with Crippen LogP contribution in [0.1, 0.15) is 52.1 Å². The zero-order valence-corrected chi connectivity index (χ0v) is 14.2. The summed E-state index contributed by atoms with van der Waals surface area (Å²) in [5.41, 5.74) is 0.805. The normalized spacial score (nSPS) is 25.9. The maximum Gasteiger partial charge on any atom is 0.226 e. The van der Waals surface area contributed by atoms with Gasteiger partial charge in [0.15, 0.2) is 0 Å². The molecule has 0 spiro atoms. The molecule has 1 saturated carbocycles. The van der Waals surface area contributed by atoms with Crippen LogP contribution in [0.15, 0.2) is 6.07 Å². The van der Waals surface area contributed by atoms with Crippen LogP contribution < -0.4 is 10.1 Å². The minimum absolute atomic E-state index is 0.0951. The van der Waals surface area contributed by atoms with E-state index in [0.717, 1.165) is 18.5 Å². The Kier molecular flexibility index (Phi) is 5.31. The van der Waals surface area contributed by atoms with Crippen molar-refractivity contribution in [2.24, 2.45) is 5.92 Å². The Balaban J connectivity index is 2.18. The number of anilines is 1. The molecule has 2 unspecified atom stereocenters. The van der Waals surface area contributed by atoms with Gasteiger partial charge in [-0.3, -0.25) is 0 Å². The highest BCUT2D eigenvalue weighted by molar-refractivity contribution is 6.18. The zero-order valence-electron chi connectivity index (χ0n) is 13.4. The van der Waals surface area contributed by atoms with E-state index in [1.54, 1.807) is 0 Å². The van der Waals surface area contributed by atoms with Crippen LogP contribution in [0.5, 0.6) is 5.88 Å². The maximum atomic E-state index is 6.27. The number of nitrogens with zero attached hydrogens (tertiary/aromatic N) is 2. The fraction of sp³-hybridized carbons (Fsp3) is 0.750. The van der Waals surface area contributed by atoms with Gasteiger partial charge in [0.25, 0.3) is 0 Å².